The first-order chi connectivity index (χ1) is 7.75. The highest BCUT2D eigenvalue weighted by atomic mass is 14.0. The Bertz CT molecular complexity index is 507. The zero-order valence-electron chi connectivity index (χ0n) is 9.77. The van der Waals surface area contributed by atoms with Crippen LogP contribution in [0.3, 0.4) is 0 Å². The lowest BCUT2D eigenvalue weighted by molar-refractivity contribution is 1.44. The summed E-state index contributed by atoms with van der Waals surface area (Å²) in [5, 5.41) is 0. The van der Waals surface area contributed by atoms with Gasteiger partial charge in [-0.3, -0.25) is 0 Å². The number of hydrogen-bond acceptors (Lipinski definition) is 0. The average molecular weight is 208 g/mol. The van der Waals surface area contributed by atoms with E-state index in [1.165, 1.54) is 22.3 Å². The van der Waals surface area contributed by atoms with Gasteiger partial charge in [0.1, 0.15) is 0 Å². The molecule has 0 heteroatoms. The molecular formula is C16H16. The Morgan fingerprint density at radius 1 is 0.812 bits per heavy atom. The van der Waals surface area contributed by atoms with Gasteiger partial charge >= 0.3 is 0 Å². The Morgan fingerprint density at radius 3 is 2.38 bits per heavy atom. The lowest BCUT2D eigenvalue weighted by Crippen LogP contribution is -1.78. The molecule has 2 aromatic rings. The van der Waals surface area contributed by atoms with Crippen LogP contribution in [0.25, 0.3) is 12.2 Å². The number of rotatable bonds is 2. The van der Waals surface area contributed by atoms with Gasteiger partial charge in [0, 0.05) is 0 Å². The van der Waals surface area contributed by atoms with Crippen molar-refractivity contribution in [2.75, 3.05) is 0 Å². The van der Waals surface area contributed by atoms with Crippen molar-refractivity contribution in [3.63, 3.8) is 0 Å². The molecule has 0 bridgehead atoms. The van der Waals surface area contributed by atoms with E-state index in [0.29, 0.717) is 0 Å². The molecule has 0 aliphatic heterocycles. The van der Waals surface area contributed by atoms with Crippen LogP contribution < -0.4 is 0 Å². The fraction of sp³-hybridized carbons (Fsp3) is 0.125. The van der Waals surface area contributed by atoms with Crippen molar-refractivity contribution in [1.29, 1.82) is 0 Å². The SMILES string of the molecule is Cc1cccc(C=Cc2ccccc2C)c1. The third-order valence-electron chi connectivity index (χ3n) is 2.69. The molecule has 2 aromatic carbocycles. The van der Waals surface area contributed by atoms with E-state index in [-0.39, 0.29) is 0 Å². The zero-order chi connectivity index (χ0) is 11.4. The Morgan fingerprint density at radius 2 is 1.62 bits per heavy atom. The van der Waals surface area contributed by atoms with E-state index in [1.54, 1.807) is 0 Å². The molecule has 0 radical (unpaired) electrons. The van der Waals surface area contributed by atoms with E-state index in [1.807, 2.05) is 0 Å². The van der Waals surface area contributed by atoms with E-state index < -0.39 is 0 Å². The summed E-state index contributed by atoms with van der Waals surface area (Å²) in [6.07, 6.45) is 4.33. The van der Waals surface area contributed by atoms with Gasteiger partial charge in [0.05, 0.1) is 0 Å². The monoisotopic (exact) mass is 208 g/mol. The molecule has 0 unspecified atom stereocenters. The number of benzene rings is 2. The second kappa shape index (κ2) is 4.80. The van der Waals surface area contributed by atoms with Crippen LogP contribution in [-0.2, 0) is 0 Å². The molecule has 80 valence electrons. The summed E-state index contributed by atoms with van der Waals surface area (Å²) >= 11 is 0. The van der Waals surface area contributed by atoms with Crippen LogP contribution in [0.4, 0.5) is 0 Å². The summed E-state index contributed by atoms with van der Waals surface area (Å²) in [6.45, 7) is 4.25. The first-order valence-corrected chi connectivity index (χ1v) is 5.56. The molecule has 0 spiro atoms. The summed E-state index contributed by atoms with van der Waals surface area (Å²) < 4.78 is 0. The van der Waals surface area contributed by atoms with Crippen molar-refractivity contribution in [3.05, 3.63) is 70.8 Å². The van der Waals surface area contributed by atoms with Crippen molar-refractivity contribution in [1.82, 2.24) is 0 Å². The minimum Gasteiger partial charge on any atom is -0.0620 e. The Hall–Kier alpha value is -1.82. The van der Waals surface area contributed by atoms with Crippen molar-refractivity contribution in [2.45, 2.75) is 13.8 Å². The van der Waals surface area contributed by atoms with Gasteiger partial charge in [0.2, 0.25) is 0 Å². The van der Waals surface area contributed by atoms with Crippen LogP contribution in [0.2, 0.25) is 0 Å². The van der Waals surface area contributed by atoms with Gasteiger partial charge < -0.3 is 0 Å². The van der Waals surface area contributed by atoms with E-state index in [2.05, 4.69) is 74.5 Å². The molecular weight excluding hydrogens is 192 g/mol. The summed E-state index contributed by atoms with van der Waals surface area (Å²) in [5.41, 5.74) is 5.14. The van der Waals surface area contributed by atoms with Gasteiger partial charge in [0.15, 0.2) is 0 Å². The summed E-state index contributed by atoms with van der Waals surface area (Å²) in [6, 6.07) is 16.9. The Balaban J connectivity index is 2.25. The van der Waals surface area contributed by atoms with Crippen LogP contribution in [0, 0.1) is 13.8 Å². The van der Waals surface area contributed by atoms with Crippen molar-refractivity contribution >= 4 is 12.2 Å². The third-order valence-corrected chi connectivity index (χ3v) is 2.69. The molecule has 0 aliphatic carbocycles. The lowest BCUT2D eigenvalue weighted by atomic mass is 10.1. The zero-order valence-corrected chi connectivity index (χ0v) is 9.77. The Kier molecular flexibility index (Phi) is 3.21. The molecule has 0 heterocycles. The van der Waals surface area contributed by atoms with Crippen LogP contribution in [0.15, 0.2) is 48.5 Å². The minimum atomic E-state index is 1.25. The standard InChI is InChI=1S/C16H16/c1-13-6-5-8-15(12-13)10-11-16-9-4-3-7-14(16)2/h3-12H,1-2H3. The molecule has 16 heavy (non-hydrogen) atoms. The Labute approximate surface area is 97.3 Å². The smallest absolute Gasteiger partial charge is 0.0227 e. The quantitative estimate of drug-likeness (QED) is 0.638. The van der Waals surface area contributed by atoms with Crippen molar-refractivity contribution in [2.24, 2.45) is 0 Å². The van der Waals surface area contributed by atoms with E-state index in [4.69, 9.17) is 0 Å². The average Bonchev–Trinajstić information content (AvgIpc) is 2.28. The fourth-order valence-electron chi connectivity index (χ4n) is 1.73. The van der Waals surface area contributed by atoms with Gasteiger partial charge in [-0.15, -0.1) is 0 Å². The second-order valence-electron chi connectivity index (χ2n) is 4.10. The maximum atomic E-state index is 2.19. The van der Waals surface area contributed by atoms with Crippen LogP contribution in [-0.4, -0.2) is 0 Å². The first kappa shape index (κ1) is 10.7. The molecule has 0 saturated heterocycles. The maximum Gasteiger partial charge on any atom is -0.0227 e. The van der Waals surface area contributed by atoms with Crippen molar-refractivity contribution in [3.8, 4) is 0 Å². The molecule has 2 rings (SSSR count). The summed E-state index contributed by atoms with van der Waals surface area (Å²) in [7, 11) is 0. The van der Waals surface area contributed by atoms with Gasteiger partial charge in [-0.25, -0.2) is 0 Å². The van der Waals surface area contributed by atoms with Crippen LogP contribution in [0.1, 0.15) is 22.3 Å². The molecule has 0 nitrogen and oxygen atoms in total. The topological polar surface area (TPSA) is 0 Å². The van der Waals surface area contributed by atoms with E-state index in [0.717, 1.165) is 0 Å². The maximum absolute atomic E-state index is 2.19. The van der Waals surface area contributed by atoms with Gasteiger partial charge in [-0.1, -0.05) is 66.2 Å². The van der Waals surface area contributed by atoms with E-state index >= 15 is 0 Å². The summed E-state index contributed by atoms with van der Waals surface area (Å²) in [4.78, 5) is 0. The third kappa shape index (κ3) is 2.60. The number of aryl methyl sites for hydroxylation is 2. The minimum absolute atomic E-state index is 1.25. The first-order valence-electron chi connectivity index (χ1n) is 5.56. The van der Waals surface area contributed by atoms with E-state index in [9.17, 15) is 0 Å². The largest absolute Gasteiger partial charge is 0.0620 e. The summed E-state index contributed by atoms with van der Waals surface area (Å²) in [5.74, 6) is 0. The highest BCUT2D eigenvalue weighted by molar-refractivity contribution is 5.71. The predicted molar refractivity (Wildman–Crippen MR) is 71.3 cm³/mol. The molecule has 0 amide bonds. The molecule has 0 N–H and O–H groups in total. The highest BCUT2D eigenvalue weighted by Crippen LogP contribution is 2.12. The molecule has 0 aromatic heterocycles. The number of hydrogen-bond donors (Lipinski definition) is 0. The van der Waals surface area contributed by atoms with Crippen molar-refractivity contribution < 1.29 is 0 Å². The molecule has 0 aliphatic rings. The normalized spacial score (nSPS) is 10.9. The lowest BCUT2D eigenvalue weighted by Gasteiger charge is -1.99. The molecule has 0 atom stereocenters. The molecule has 0 fully saturated rings. The second-order valence-corrected chi connectivity index (χ2v) is 4.10. The van der Waals surface area contributed by atoms with Gasteiger partial charge in [0.25, 0.3) is 0 Å². The van der Waals surface area contributed by atoms with Gasteiger partial charge in [-0.2, -0.15) is 0 Å². The molecule has 0 saturated carbocycles. The highest BCUT2D eigenvalue weighted by Gasteiger charge is 1.91. The fourth-order valence-corrected chi connectivity index (χ4v) is 1.73. The van der Waals surface area contributed by atoms with Crippen LogP contribution >= 0.6 is 0 Å². The van der Waals surface area contributed by atoms with Crippen LogP contribution in [0.5, 0.6) is 0 Å². The predicted octanol–water partition coefficient (Wildman–Crippen LogP) is 4.47. The van der Waals surface area contributed by atoms with Gasteiger partial charge in [-0.05, 0) is 30.5 Å².